The standard InChI is InChI=1S/C13H6Cl3FN2/c14-7-5-9(12(16)10(15)6-7)13-11(17)2-1-8(19-13)3-4-18/h1-2,5-6H,3H2. The van der Waals surface area contributed by atoms with Crippen molar-refractivity contribution in [3.8, 4) is 17.3 Å². The lowest BCUT2D eigenvalue weighted by molar-refractivity contribution is 0.624. The molecule has 0 saturated heterocycles. The second-order valence-corrected chi connectivity index (χ2v) is 4.94. The van der Waals surface area contributed by atoms with E-state index in [0.29, 0.717) is 16.3 Å². The van der Waals surface area contributed by atoms with Crippen molar-refractivity contribution in [2.45, 2.75) is 6.42 Å². The predicted molar refractivity (Wildman–Crippen MR) is 74.0 cm³/mol. The molecule has 96 valence electrons. The Morgan fingerprint density at radius 3 is 2.63 bits per heavy atom. The lowest BCUT2D eigenvalue weighted by atomic mass is 10.1. The van der Waals surface area contributed by atoms with Crippen LogP contribution < -0.4 is 0 Å². The summed E-state index contributed by atoms with van der Waals surface area (Å²) in [7, 11) is 0. The molecule has 0 fully saturated rings. The summed E-state index contributed by atoms with van der Waals surface area (Å²) in [6, 6.07) is 7.58. The third kappa shape index (κ3) is 2.98. The summed E-state index contributed by atoms with van der Waals surface area (Å²) in [5.41, 5.74) is 0.782. The number of rotatable bonds is 2. The van der Waals surface area contributed by atoms with Crippen LogP contribution in [-0.4, -0.2) is 4.98 Å². The summed E-state index contributed by atoms with van der Waals surface area (Å²) in [6.45, 7) is 0. The van der Waals surface area contributed by atoms with E-state index in [4.69, 9.17) is 40.1 Å². The Morgan fingerprint density at radius 1 is 1.21 bits per heavy atom. The third-order valence-electron chi connectivity index (χ3n) is 2.41. The number of pyridine rings is 1. The Balaban J connectivity index is 2.65. The molecular formula is C13H6Cl3FN2. The van der Waals surface area contributed by atoms with Crippen LogP contribution in [0.5, 0.6) is 0 Å². The van der Waals surface area contributed by atoms with E-state index in [9.17, 15) is 4.39 Å². The maximum atomic E-state index is 13.8. The molecule has 0 N–H and O–H groups in total. The first-order valence-corrected chi connectivity index (χ1v) is 6.33. The normalized spacial score (nSPS) is 10.3. The lowest BCUT2D eigenvalue weighted by Gasteiger charge is -2.08. The number of halogens is 4. The molecule has 19 heavy (non-hydrogen) atoms. The summed E-state index contributed by atoms with van der Waals surface area (Å²) in [5, 5.41) is 9.36. The second-order valence-electron chi connectivity index (χ2n) is 3.72. The highest BCUT2D eigenvalue weighted by Crippen LogP contribution is 2.36. The van der Waals surface area contributed by atoms with Gasteiger partial charge >= 0.3 is 0 Å². The van der Waals surface area contributed by atoms with E-state index < -0.39 is 5.82 Å². The van der Waals surface area contributed by atoms with Crippen LogP contribution in [0.25, 0.3) is 11.3 Å². The van der Waals surface area contributed by atoms with Gasteiger partial charge in [-0.3, -0.25) is 0 Å². The molecule has 0 bridgehead atoms. The minimum Gasteiger partial charge on any atom is -0.249 e. The van der Waals surface area contributed by atoms with E-state index in [1.807, 2.05) is 6.07 Å². The van der Waals surface area contributed by atoms with E-state index >= 15 is 0 Å². The highest BCUT2D eigenvalue weighted by atomic mass is 35.5. The molecule has 0 spiro atoms. The van der Waals surface area contributed by atoms with Gasteiger partial charge in [0.25, 0.3) is 0 Å². The summed E-state index contributed by atoms with van der Waals surface area (Å²) >= 11 is 17.8. The van der Waals surface area contributed by atoms with Crippen LogP contribution in [0.4, 0.5) is 4.39 Å². The van der Waals surface area contributed by atoms with Crippen molar-refractivity contribution >= 4 is 34.8 Å². The molecule has 1 aromatic carbocycles. The van der Waals surface area contributed by atoms with Crippen molar-refractivity contribution in [1.29, 1.82) is 5.26 Å². The van der Waals surface area contributed by atoms with Crippen LogP contribution in [0.3, 0.4) is 0 Å². The molecule has 6 heteroatoms. The number of hydrogen-bond acceptors (Lipinski definition) is 2. The van der Waals surface area contributed by atoms with Gasteiger partial charge in [0.15, 0.2) is 0 Å². The molecule has 2 rings (SSSR count). The molecule has 2 nitrogen and oxygen atoms in total. The first-order chi connectivity index (χ1) is 9.02. The Morgan fingerprint density at radius 2 is 1.95 bits per heavy atom. The van der Waals surface area contributed by atoms with E-state index in [-0.39, 0.29) is 22.2 Å². The van der Waals surface area contributed by atoms with Crippen LogP contribution >= 0.6 is 34.8 Å². The van der Waals surface area contributed by atoms with Gasteiger partial charge in [0.2, 0.25) is 0 Å². The van der Waals surface area contributed by atoms with Crippen molar-refractivity contribution in [3.05, 3.63) is 50.8 Å². The predicted octanol–water partition coefficient (Wildman–Crippen LogP) is 4.91. The van der Waals surface area contributed by atoms with E-state index in [0.717, 1.165) is 0 Å². The van der Waals surface area contributed by atoms with E-state index in [1.54, 1.807) is 0 Å². The van der Waals surface area contributed by atoms with Gasteiger partial charge in [-0.2, -0.15) is 5.26 Å². The topological polar surface area (TPSA) is 36.7 Å². The quantitative estimate of drug-likeness (QED) is 0.738. The molecule has 1 heterocycles. The molecule has 0 aliphatic heterocycles. The molecule has 0 atom stereocenters. The summed E-state index contributed by atoms with van der Waals surface area (Å²) in [5.74, 6) is -0.554. The van der Waals surface area contributed by atoms with Crippen LogP contribution in [0, 0.1) is 17.1 Å². The summed E-state index contributed by atoms with van der Waals surface area (Å²) in [4.78, 5) is 4.08. The fraction of sp³-hybridized carbons (Fsp3) is 0.0769. The average molecular weight is 316 g/mol. The maximum Gasteiger partial charge on any atom is 0.149 e. The van der Waals surface area contributed by atoms with Gasteiger partial charge < -0.3 is 0 Å². The van der Waals surface area contributed by atoms with Crippen molar-refractivity contribution < 1.29 is 4.39 Å². The van der Waals surface area contributed by atoms with Gasteiger partial charge in [-0.1, -0.05) is 34.8 Å². The first kappa shape index (κ1) is 14.1. The van der Waals surface area contributed by atoms with Gasteiger partial charge in [0, 0.05) is 10.6 Å². The summed E-state index contributed by atoms with van der Waals surface area (Å²) < 4.78 is 13.8. The highest BCUT2D eigenvalue weighted by Gasteiger charge is 2.15. The highest BCUT2D eigenvalue weighted by molar-refractivity contribution is 6.45. The average Bonchev–Trinajstić information content (AvgIpc) is 2.36. The Hall–Kier alpha value is -1.34. The molecule has 0 radical (unpaired) electrons. The van der Waals surface area contributed by atoms with Crippen LogP contribution in [0.2, 0.25) is 15.1 Å². The number of aromatic nitrogens is 1. The molecule has 0 saturated carbocycles. The fourth-order valence-corrected chi connectivity index (χ4v) is 2.27. The van der Waals surface area contributed by atoms with Gasteiger partial charge in [-0.05, 0) is 24.3 Å². The van der Waals surface area contributed by atoms with Crippen LogP contribution in [-0.2, 0) is 6.42 Å². The van der Waals surface area contributed by atoms with Crippen LogP contribution in [0.15, 0.2) is 24.3 Å². The minimum atomic E-state index is -0.554. The van der Waals surface area contributed by atoms with Gasteiger partial charge in [-0.15, -0.1) is 0 Å². The van der Waals surface area contributed by atoms with E-state index in [1.165, 1.54) is 24.3 Å². The monoisotopic (exact) mass is 314 g/mol. The first-order valence-electron chi connectivity index (χ1n) is 5.20. The number of nitriles is 1. The minimum absolute atomic E-state index is 0.0298. The summed E-state index contributed by atoms with van der Waals surface area (Å²) in [6.07, 6.45) is 0.0825. The fourth-order valence-electron chi connectivity index (χ4n) is 1.58. The number of benzene rings is 1. The molecule has 0 aliphatic rings. The Kier molecular flexibility index (Phi) is 4.26. The third-order valence-corrected chi connectivity index (χ3v) is 3.43. The SMILES string of the molecule is N#CCc1ccc(F)c(-c2cc(Cl)cc(Cl)c2Cl)n1. The maximum absolute atomic E-state index is 13.8. The molecular weight excluding hydrogens is 310 g/mol. The Bertz CT molecular complexity index is 680. The zero-order valence-electron chi connectivity index (χ0n) is 9.42. The molecule has 0 amide bonds. The van der Waals surface area contributed by atoms with Crippen molar-refractivity contribution in [2.24, 2.45) is 0 Å². The Labute approximate surface area is 124 Å². The largest absolute Gasteiger partial charge is 0.249 e. The van der Waals surface area contributed by atoms with Gasteiger partial charge in [-0.25, -0.2) is 9.37 Å². The van der Waals surface area contributed by atoms with Gasteiger partial charge in [0.1, 0.15) is 11.5 Å². The van der Waals surface area contributed by atoms with Crippen molar-refractivity contribution in [2.75, 3.05) is 0 Å². The van der Waals surface area contributed by atoms with Crippen molar-refractivity contribution in [3.63, 3.8) is 0 Å². The second kappa shape index (κ2) is 5.75. The molecule has 1 aromatic heterocycles. The zero-order valence-corrected chi connectivity index (χ0v) is 11.7. The number of hydrogen-bond donors (Lipinski definition) is 0. The molecule has 0 aliphatic carbocycles. The smallest absolute Gasteiger partial charge is 0.149 e. The zero-order chi connectivity index (χ0) is 14.0. The van der Waals surface area contributed by atoms with Gasteiger partial charge in [0.05, 0.1) is 28.2 Å². The lowest BCUT2D eigenvalue weighted by Crippen LogP contribution is -1.96. The van der Waals surface area contributed by atoms with Crippen molar-refractivity contribution in [1.82, 2.24) is 4.98 Å². The van der Waals surface area contributed by atoms with Crippen LogP contribution in [0.1, 0.15) is 5.69 Å². The number of nitrogens with zero attached hydrogens (tertiary/aromatic N) is 2. The van der Waals surface area contributed by atoms with E-state index in [2.05, 4.69) is 4.98 Å². The molecule has 0 unspecified atom stereocenters. The molecule has 2 aromatic rings.